The summed E-state index contributed by atoms with van der Waals surface area (Å²) in [6.07, 6.45) is 9.38. The molecule has 0 unspecified atom stereocenters. The minimum Gasteiger partial charge on any atom is -0.359 e. The fourth-order valence-corrected chi connectivity index (χ4v) is 1.69. The van der Waals surface area contributed by atoms with Crippen molar-refractivity contribution in [2.45, 2.75) is 25.7 Å². The lowest BCUT2D eigenvalue weighted by Crippen LogP contribution is -2.18. The number of hydrogen-bond donors (Lipinski definition) is 1. The summed E-state index contributed by atoms with van der Waals surface area (Å²) in [7, 11) is 0. The molecule has 1 heteroatoms. The van der Waals surface area contributed by atoms with Crippen LogP contribution in [-0.2, 0) is 0 Å². The van der Waals surface area contributed by atoms with Crippen LogP contribution in [0, 0.1) is 0 Å². The molecular formula is C10H13N. The van der Waals surface area contributed by atoms with E-state index in [1.165, 1.54) is 37.0 Å². The van der Waals surface area contributed by atoms with Crippen molar-refractivity contribution in [3.8, 4) is 0 Å². The minimum absolute atomic E-state index is 1.03. The van der Waals surface area contributed by atoms with Crippen LogP contribution in [0.15, 0.2) is 35.7 Å². The lowest BCUT2D eigenvalue weighted by atomic mass is 9.94. The van der Waals surface area contributed by atoms with Gasteiger partial charge in [0.25, 0.3) is 0 Å². The van der Waals surface area contributed by atoms with Crippen molar-refractivity contribution in [2.75, 3.05) is 0 Å². The fourth-order valence-electron chi connectivity index (χ4n) is 1.69. The van der Waals surface area contributed by atoms with E-state index in [0.717, 1.165) is 5.70 Å². The van der Waals surface area contributed by atoms with Crippen molar-refractivity contribution in [2.24, 2.45) is 0 Å². The largest absolute Gasteiger partial charge is 0.359 e. The molecule has 0 aromatic rings. The molecule has 0 saturated heterocycles. The highest BCUT2D eigenvalue weighted by Crippen LogP contribution is 2.26. The first-order valence-corrected chi connectivity index (χ1v) is 4.22. The number of hydrogen-bond acceptors (Lipinski definition) is 1. The molecule has 0 aromatic heterocycles. The van der Waals surface area contributed by atoms with Crippen molar-refractivity contribution in [1.82, 2.24) is 5.32 Å². The summed E-state index contributed by atoms with van der Waals surface area (Å²) in [4.78, 5) is 0. The van der Waals surface area contributed by atoms with Crippen LogP contribution in [0.5, 0.6) is 0 Å². The van der Waals surface area contributed by atoms with Gasteiger partial charge < -0.3 is 5.32 Å². The van der Waals surface area contributed by atoms with E-state index in [2.05, 4.69) is 24.0 Å². The Morgan fingerprint density at radius 1 is 1.18 bits per heavy atom. The lowest BCUT2D eigenvalue weighted by molar-refractivity contribution is 0.647. The van der Waals surface area contributed by atoms with Gasteiger partial charge in [0.05, 0.1) is 0 Å². The van der Waals surface area contributed by atoms with Crippen molar-refractivity contribution in [3.05, 3.63) is 35.7 Å². The molecule has 2 rings (SSSR count). The summed E-state index contributed by atoms with van der Waals surface area (Å²) >= 11 is 0. The molecule has 0 amide bonds. The molecule has 1 aliphatic heterocycles. The second kappa shape index (κ2) is 2.57. The van der Waals surface area contributed by atoms with Gasteiger partial charge in [0.1, 0.15) is 0 Å². The number of allylic oxidation sites excluding steroid dienone is 4. The first-order chi connectivity index (χ1) is 5.36. The minimum atomic E-state index is 1.03. The zero-order chi connectivity index (χ0) is 7.68. The van der Waals surface area contributed by atoms with E-state index < -0.39 is 0 Å². The molecular weight excluding hydrogens is 134 g/mol. The summed E-state index contributed by atoms with van der Waals surface area (Å²) in [5, 5.41) is 3.32. The molecule has 0 fully saturated rings. The van der Waals surface area contributed by atoms with Crippen LogP contribution in [0.3, 0.4) is 0 Å². The zero-order valence-corrected chi connectivity index (χ0v) is 6.69. The highest BCUT2D eigenvalue weighted by molar-refractivity contribution is 5.37. The third-order valence-corrected chi connectivity index (χ3v) is 2.31. The first kappa shape index (κ1) is 6.71. The number of nitrogens with one attached hydrogen (secondary N) is 1. The van der Waals surface area contributed by atoms with E-state index >= 15 is 0 Å². The van der Waals surface area contributed by atoms with Gasteiger partial charge >= 0.3 is 0 Å². The third-order valence-electron chi connectivity index (χ3n) is 2.31. The molecule has 0 saturated carbocycles. The summed E-state index contributed by atoms with van der Waals surface area (Å²) in [6, 6.07) is 0. The Labute approximate surface area is 67.5 Å². The maximum absolute atomic E-state index is 3.87. The SMILES string of the molecule is C=C1C=CC2=C(CCCC2)N1. The maximum Gasteiger partial charge on any atom is 0.0308 e. The quantitative estimate of drug-likeness (QED) is 0.555. The predicted molar refractivity (Wildman–Crippen MR) is 46.9 cm³/mol. The maximum atomic E-state index is 3.87. The summed E-state index contributed by atoms with van der Waals surface area (Å²) < 4.78 is 0. The zero-order valence-electron chi connectivity index (χ0n) is 6.69. The first-order valence-electron chi connectivity index (χ1n) is 4.22. The van der Waals surface area contributed by atoms with Gasteiger partial charge in [-0.1, -0.05) is 12.7 Å². The second-order valence-electron chi connectivity index (χ2n) is 3.19. The van der Waals surface area contributed by atoms with Gasteiger partial charge in [-0.25, -0.2) is 0 Å². The molecule has 1 N–H and O–H groups in total. The van der Waals surface area contributed by atoms with E-state index in [1.807, 2.05) is 0 Å². The summed E-state index contributed by atoms with van der Waals surface area (Å²) in [6.45, 7) is 3.87. The van der Waals surface area contributed by atoms with E-state index in [1.54, 1.807) is 0 Å². The van der Waals surface area contributed by atoms with Crippen LogP contribution in [0.4, 0.5) is 0 Å². The van der Waals surface area contributed by atoms with Crippen LogP contribution in [0.2, 0.25) is 0 Å². The van der Waals surface area contributed by atoms with E-state index in [0.29, 0.717) is 0 Å². The van der Waals surface area contributed by atoms with Gasteiger partial charge in [0, 0.05) is 11.4 Å². The van der Waals surface area contributed by atoms with Crippen molar-refractivity contribution < 1.29 is 0 Å². The Morgan fingerprint density at radius 2 is 2.00 bits per heavy atom. The van der Waals surface area contributed by atoms with E-state index in [4.69, 9.17) is 0 Å². The molecule has 0 spiro atoms. The molecule has 0 radical (unpaired) electrons. The molecule has 11 heavy (non-hydrogen) atoms. The Kier molecular flexibility index (Phi) is 1.57. The van der Waals surface area contributed by atoms with Crippen molar-refractivity contribution >= 4 is 0 Å². The molecule has 1 nitrogen and oxygen atoms in total. The highest BCUT2D eigenvalue weighted by atomic mass is 14.9. The Hall–Kier alpha value is -0.980. The van der Waals surface area contributed by atoms with E-state index in [9.17, 15) is 0 Å². The van der Waals surface area contributed by atoms with Crippen LogP contribution >= 0.6 is 0 Å². The average molecular weight is 147 g/mol. The predicted octanol–water partition coefficient (Wildman–Crippen LogP) is 2.49. The highest BCUT2D eigenvalue weighted by Gasteiger charge is 2.12. The normalized spacial score (nSPS) is 23.1. The van der Waals surface area contributed by atoms with Gasteiger partial charge in [-0.15, -0.1) is 0 Å². The van der Waals surface area contributed by atoms with Crippen LogP contribution < -0.4 is 5.32 Å². The Morgan fingerprint density at radius 3 is 2.91 bits per heavy atom. The van der Waals surface area contributed by atoms with Gasteiger partial charge in [-0.05, 0) is 37.3 Å². The summed E-state index contributed by atoms with van der Waals surface area (Å²) in [5.41, 5.74) is 3.93. The molecule has 1 heterocycles. The summed E-state index contributed by atoms with van der Waals surface area (Å²) in [5.74, 6) is 0. The topological polar surface area (TPSA) is 12.0 Å². The van der Waals surface area contributed by atoms with Crippen molar-refractivity contribution in [1.29, 1.82) is 0 Å². The number of rotatable bonds is 0. The van der Waals surface area contributed by atoms with Crippen molar-refractivity contribution in [3.63, 3.8) is 0 Å². The third kappa shape index (κ3) is 1.23. The Balaban J connectivity index is 2.26. The monoisotopic (exact) mass is 147 g/mol. The molecule has 0 atom stereocenters. The molecule has 2 aliphatic rings. The smallest absolute Gasteiger partial charge is 0.0308 e. The van der Waals surface area contributed by atoms with Crippen LogP contribution in [-0.4, -0.2) is 0 Å². The van der Waals surface area contributed by atoms with Crippen LogP contribution in [0.1, 0.15) is 25.7 Å². The standard InChI is InChI=1S/C10H13N/c1-8-6-7-9-4-2-3-5-10(9)11-8/h6-7,11H,1-5H2. The fraction of sp³-hybridized carbons (Fsp3) is 0.400. The van der Waals surface area contributed by atoms with Gasteiger partial charge in [-0.3, -0.25) is 0 Å². The average Bonchev–Trinajstić information content (AvgIpc) is 2.04. The van der Waals surface area contributed by atoms with Crippen LogP contribution in [0.25, 0.3) is 0 Å². The second-order valence-corrected chi connectivity index (χ2v) is 3.19. The molecule has 1 aliphatic carbocycles. The number of dihydropyridines is 1. The lowest BCUT2D eigenvalue weighted by Gasteiger charge is -2.23. The van der Waals surface area contributed by atoms with Gasteiger partial charge in [0.15, 0.2) is 0 Å². The molecule has 0 aromatic carbocycles. The molecule has 58 valence electrons. The molecule has 0 bridgehead atoms. The van der Waals surface area contributed by atoms with Gasteiger partial charge in [0.2, 0.25) is 0 Å². The Bertz CT molecular complexity index is 246. The van der Waals surface area contributed by atoms with E-state index in [-0.39, 0.29) is 0 Å². The van der Waals surface area contributed by atoms with Gasteiger partial charge in [-0.2, -0.15) is 0 Å².